The number of carboxylic acid groups (broad SMARTS) is 1. The molecule has 0 saturated heterocycles. The van der Waals surface area contributed by atoms with Crippen LogP contribution in [0.4, 0.5) is 0 Å². The van der Waals surface area contributed by atoms with Crippen LogP contribution in [0, 0.1) is 16.7 Å². The Balaban J connectivity index is 2.16. The summed E-state index contributed by atoms with van der Waals surface area (Å²) >= 11 is 0. The second kappa shape index (κ2) is 5.30. The lowest BCUT2D eigenvalue weighted by Gasteiger charge is -2.16. The molecule has 0 aromatic heterocycles. The van der Waals surface area contributed by atoms with Gasteiger partial charge < -0.3 is 15.2 Å². The molecule has 1 amide bonds. The number of carbonyl (C=O) groups excluding carboxylic acids is 1. The molecule has 1 aliphatic carbocycles. The third-order valence-corrected chi connectivity index (χ3v) is 5.27. The van der Waals surface area contributed by atoms with Crippen LogP contribution in [-0.2, 0) is 9.59 Å². The first kappa shape index (κ1) is 16.3. The standard InChI is InChI=1S/C17H23NO4/c1-16(2)13(17(16,3)4)14(19)18-12(15(20)21)10-6-8-11(22-5)9-7-10/h6-9,12-13H,1-5H3,(H,18,19)(H,20,21). The minimum Gasteiger partial charge on any atom is -0.497 e. The number of carboxylic acids is 1. The van der Waals surface area contributed by atoms with Crippen LogP contribution in [0.1, 0.15) is 39.3 Å². The van der Waals surface area contributed by atoms with Gasteiger partial charge in [0.05, 0.1) is 7.11 Å². The summed E-state index contributed by atoms with van der Waals surface area (Å²) in [6.07, 6.45) is 0. The van der Waals surface area contributed by atoms with Crippen molar-refractivity contribution in [2.45, 2.75) is 33.7 Å². The van der Waals surface area contributed by atoms with E-state index in [0.717, 1.165) is 0 Å². The minimum atomic E-state index is -1.07. The van der Waals surface area contributed by atoms with Crippen LogP contribution in [0.5, 0.6) is 5.75 Å². The van der Waals surface area contributed by atoms with E-state index in [1.165, 1.54) is 0 Å². The highest BCUT2D eigenvalue weighted by atomic mass is 16.5. The Morgan fingerprint density at radius 3 is 2.00 bits per heavy atom. The number of methoxy groups -OCH3 is 1. The Morgan fingerprint density at radius 2 is 1.64 bits per heavy atom. The lowest BCUT2D eigenvalue weighted by molar-refractivity contribution is -0.142. The lowest BCUT2D eigenvalue weighted by Crippen LogP contribution is -2.36. The van der Waals surface area contributed by atoms with Crippen molar-refractivity contribution in [3.8, 4) is 5.75 Å². The van der Waals surface area contributed by atoms with Crippen molar-refractivity contribution in [1.82, 2.24) is 5.32 Å². The highest BCUT2D eigenvalue weighted by molar-refractivity contribution is 5.89. The van der Waals surface area contributed by atoms with Gasteiger partial charge in [-0.15, -0.1) is 0 Å². The molecule has 1 fully saturated rings. The van der Waals surface area contributed by atoms with Crippen LogP contribution in [-0.4, -0.2) is 24.1 Å². The fourth-order valence-corrected chi connectivity index (χ4v) is 3.16. The second-order valence-electron chi connectivity index (χ2n) is 6.93. The monoisotopic (exact) mass is 305 g/mol. The number of carbonyl (C=O) groups is 2. The highest BCUT2D eigenvalue weighted by Gasteiger charge is 2.68. The molecule has 1 saturated carbocycles. The fraction of sp³-hybridized carbons (Fsp3) is 0.529. The molecule has 0 heterocycles. The van der Waals surface area contributed by atoms with E-state index in [1.807, 2.05) is 27.7 Å². The molecule has 5 heteroatoms. The van der Waals surface area contributed by atoms with Gasteiger partial charge in [0, 0.05) is 5.92 Å². The van der Waals surface area contributed by atoms with E-state index < -0.39 is 12.0 Å². The average molecular weight is 305 g/mol. The summed E-state index contributed by atoms with van der Waals surface area (Å²) in [6.45, 7) is 8.11. The van der Waals surface area contributed by atoms with E-state index in [4.69, 9.17) is 4.74 Å². The zero-order valence-electron chi connectivity index (χ0n) is 13.6. The van der Waals surface area contributed by atoms with Crippen LogP contribution in [0.25, 0.3) is 0 Å². The van der Waals surface area contributed by atoms with Gasteiger partial charge in [-0.3, -0.25) is 4.79 Å². The van der Waals surface area contributed by atoms with Crippen molar-refractivity contribution in [2.75, 3.05) is 7.11 Å². The van der Waals surface area contributed by atoms with Gasteiger partial charge in [-0.1, -0.05) is 39.8 Å². The Hall–Kier alpha value is -2.04. The van der Waals surface area contributed by atoms with Crippen LogP contribution in [0.2, 0.25) is 0 Å². The predicted molar refractivity (Wildman–Crippen MR) is 82.6 cm³/mol. The van der Waals surface area contributed by atoms with E-state index in [0.29, 0.717) is 11.3 Å². The van der Waals surface area contributed by atoms with Gasteiger partial charge >= 0.3 is 5.97 Å². The normalized spacial score (nSPS) is 20.0. The summed E-state index contributed by atoms with van der Waals surface area (Å²) in [7, 11) is 1.54. The van der Waals surface area contributed by atoms with E-state index in [2.05, 4.69) is 5.32 Å². The smallest absolute Gasteiger partial charge is 0.330 e. The fourth-order valence-electron chi connectivity index (χ4n) is 3.16. The summed E-state index contributed by atoms with van der Waals surface area (Å²) in [4.78, 5) is 24.0. The van der Waals surface area contributed by atoms with Gasteiger partial charge in [-0.2, -0.15) is 0 Å². The Bertz CT molecular complexity index is 575. The largest absolute Gasteiger partial charge is 0.497 e. The number of rotatable bonds is 5. The molecule has 120 valence electrons. The average Bonchev–Trinajstić information content (AvgIpc) is 2.86. The molecule has 1 aromatic rings. The van der Waals surface area contributed by atoms with Gasteiger partial charge in [0.25, 0.3) is 0 Å². The third kappa shape index (κ3) is 2.56. The first-order valence-corrected chi connectivity index (χ1v) is 7.30. The number of ether oxygens (including phenoxy) is 1. The maximum atomic E-state index is 12.4. The maximum Gasteiger partial charge on any atom is 0.330 e. The van der Waals surface area contributed by atoms with Gasteiger partial charge in [0.2, 0.25) is 5.91 Å². The molecule has 2 rings (SSSR count). The topological polar surface area (TPSA) is 75.6 Å². The van der Waals surface area contributed by atoms with Crippen molar-refractivity contribution in [3.05, 3.63) is 29.8 Å². The molecular formula is C17H23NO4. The lowest BCUT2D eigenvalue weighted by atomic mass is 10.0. The SMILES string of the molecule is COc1ccc(C(NC(=O)C2C(C)(C)C2(C)C)C(=O)O)cc1. The zero-order chi connectivity index (χ0) is 16.7. The number of hydrogen-bond donors (Lipinski definition) is 2. The maximum absolute atomic E-state index is 12.4. The van der Waals surface area contributed by atoms with Gasteiger partial charge in [-0.25, -0.2) is 4.79 Å². The first-order valence-electron chi connectivity index (χ1n) is 7.30. The Kier molecular flexibility index (Phi) is 3.94. The summed E-state index contributed by atoms with van der Waals surface area (Å²) in [5, 5.41) is 12.1. The quantitative estimate of drug-likeness (QED) is 0.877. The molecule has 1 aliphatic rings. The summed E-state index contributed by atoms with van der Waals surface area (Å²) in [6, 6.07) is 5.62. The first-order chi connectivity index (χ1) is 10.1. The summed E-state index contributed by atoms with van der Waals surface area (Å²) in [5.74, 6) is -0.822. The Morgan fingerprint density at radius 1 is 1.14 bits per heavy atom. The van der Waals surface area contributed by atoms with Crippen LogP contribution >= 0.6 is 0 Å². The molecule has 5 nitrogen and oxygen atoms in total. The molecule has 0 spiro atoms. The molecule has 22 heavy (non-hydrogen) atoms. The van der Waals surface area contributed by atoms with Crippen molar-refractivity contribution in [3.63, 3.8) is 0 Å². The molecule has 1 atom stereocenters. The molecule has 1 unspecified atom stereocenters. The van der Waals surface area contributed by atoms with Crippen molar-refractivity contribution in [2.24, 2.45) is 16.7 Å². The molecule has 2 N–H and O–H groups in total. The van der Waals surface area contributed by atoms with Crippen LogP contribution in [0.3, 0.4) is 0 Å². The third-order valence-electron chi connectivity index (χ3n) is 5.27. The summed E-state index contributed by atoms with van der Waals surface area (Å²) in [5.41, 5.74) is 0.276. The molecule has 0 aliphatic heterocycles. The number of amides is 1. The number of aliphatic carboxylic acids is 1. The predicted octanol–water partition coefficient (Wildman–Crippen LogP) is 2.62. The van der Waals surface area contributed by atoms with Crippen LogP contribution < -0.4 is 10.1 Å². The summed E-state index contributed by atoms with van der Waals surface area (Å²) < 4.78 is 5.06. The van der Waals surface area contributed by atoms with Gasteiger partial charge in [0.1, 0.15) is 5.75 Å². The van der Waals surface area contributed by atoms with E-state index in [1.54, 1.807) is 31.4 Å². The van der Waals surface area contributed by atoms with Crippen molar-refractivity contribution < 1.29 is 19.4 Å². The molecular weight excluding hydrogens is 282 g/mol. The molecule has 0 radical (unpaired) electrons. The zero-order valence-corrected chi connectivity index (χ0v) is 13.6. The Labute approximate surface area is 130 Å². The van der Waals surface area contributed by atoms with E-state index in [9.17, 15) is 14.7 Å². The van der Waals surface area contributed by atoms with Crippen LogP contribution in [0.15, 0.2) is 24.3 Å². The van der Waals surface area contributed by atoms with Crippen molar-refractivity contribution >= 4 is 11.9 Å². The number of nitrogens with one attached hydrogen (secondary N) is 1. The van der Waals surface area contributed by atoms with E-state index >= 15 is 0 Å². The number of hydrogen-bond acceptors (Lipinski definition) is 3. The van der Waals surface area contributed by atoms with Crippen molar-refractivity contribution in [1.29, 1.82) is 0 Å². The number of benzene rings is 1. The molecule has 1 aromatic carbocycles. The van der Waals surface area contributed by atoms with Gasteiger partial charge in [-0.05, 0) is 28.5 Å². The minimum absolute atomic E-state index is 0.125. The van der Waals surface area contributed by atoms with E-state index in [-0.39, 0.29) is 22.7 Å². The highest BCUT2D eigenvalue weighted by Crippen LogP contribution is 2.68. The molecule has 0 bridgehead atoms. The second-order valence-corrected chi connectivity index (χ2v) is 6.93. The van der Waals surface area contributed by atoms with Gasteiger partial charge in [0.15, 0.2) is 6.04 Å².